The Balaban J connectivity index is 1.38. The van der Waals surface area contributed by atoms with E-state index in [-0.39, 0.29) is 10.8 Å². The monoisotopic (exact) mass is 448 g/mol. The molecule has 1 aliphatic rings. The number of oxazole rings is 1. The summed E-state index contributed by atoms with van der Waals surface area (Å²) in [5.41, 5.74) is 1.95. The third-order valence-electron chi connectivity index (χ3n) is 4.90. The van der Waals surface area contributed by atoms with E-state index in [1.54, 1.807) is 30.3 Å². The molecule has 0 bridgehead atoms. The first-order chi connectivity index (χ1) is 14.3. The maximum atomic E-state index is 12.9. The number of carbonyl (C=O) groups is 1. The van der Waals surface area contributed by atoms with Crippen LogP contribution in [0.1, 0.15) is 12.8 Å². The smallest absolute Gasteiger partial charge is 0.243 e. The lowest BCUT2D eigenvalue weighted by Crippen LogP contribution is -2.48. The Labute approximate surface area is 179 Å². The SMILES string of the molecule is CC(=O)Nc1ccc(S(=O)(=O)N2CCN(Cc3nc4cc(Cl)ccc4o3)CC2)cc1. The van der Waals surface area contributed by atoms with Crippen molar-refractivity contribution in [3.05, 3.63) is 53.4 Å². The Bertz CT molecular complexity index is 1170. The summed E-state index contributed by atoms with van der Waals surface area (Å²) in [7, 11) is -3.59. The van der Waals surface area contributed by atoms with Crippen molar-refractivity contribution >= 4 is 44.3 Å². The summed E-state index contributed by atoms with van der Waals surface area (Å²) >= 11 is 5.99. The molecule has 8 nitrogen and oxygen atoms in total. The van der Waals surface area contributed by atoms with Gasteiger partial charge in [-0.15, -0.1) is 0 Å². The first kappa shape index (κ1) is 20.8. The van der Waals surface area contributed by atoms with Gasteiger partial charge in [0.15, 0.2) is 5.58 Å². The van der Waals surface area contributed by atoms with Crippen LogP contribution in [0.4, 0.5) is 5.69 Å². The van der Waals surface area contributed by atoms with E-state index >= 15 is 0 Å². The molecule has 158 valence electrons. The maximum Gasteiger partial charge on any atom is 0.243 e. The Morgan fingerprint density at radius 2 is 1.83 bits per heavy atom. The molecule has 0 unspecified atom stereocenters. The fraction of sp³-hybridized carbons (Fsp3) is 0.300. The standard InChI is InChI=1S/C20H21ClN4O4S/c1-14(26)22-16-3-5-17(6-4-16)30(27,28)25-10-8-24(9-11-25)13-20-23-18-12-15(21)2-7-19(18)29-20/h2-7,12H,8-11,13H2,1H3,(H,22,26). The van der Waals surface area contributed by atoms with Crippen LogP contribution < -0.4 is 5.32 Å². The average Bonchev–Trinajstić information content (AvgIpc) is 3.09. The number of anilines is 1. The van der Waals surface area contributed by atoms with Crippen LogP contribution in [-0.4, -0.2) is 54.7 Å². The van der Waals surface area contributed by atoms with Crippen molar-refractivity contribution in [1.82, 2.24) is 14.2 Å². The van der Waals surface area contributed by atoms with Crippen LogP contribution in [0.3, 0.4) is 0 Å². The predicted molar refractivity (Wildman–Crippen MR) is 114 cm³/mol. The van der Waals surface area contributed by atoms with E-state index in [2.05, 4.69) is 15.2 Å². The van der Waals surface area contributed by atoms with Crippen LogP contribution >= 0.6 is 11.6 Å². The number of halogens is 1. The van der Waals surface area contributed by atoms with Gasteiger partial charge in [0.1, 0.15) is 5.52 Å². The van der Waals surface area contributed by atoms with Gasteiger partial charge >= 0.3 is 0 Å². The van der Waals surface area contributed by atoms with Crippen molar-refractivity contribution in [3.63, 3.8) is 0 Å². The Morgan fingerprint density at radius 1 is 1.13 bits per heavy atom. The van der Waals surface area contributed by atoms with Crippen LogP contribution in [0.5, 0.6) is 0 Å². The van der Waals surface area contributed by atoms with Gasteiger partial charge in [0.2, 0.25) is 21.8 Å². The summed E-state index contributed by atoms with van der Waals surface area (Å²) in [6.45, 7) is 3.81. The van der Waals surface area contributed by atoms with Crippen LogP contribution in [0.25, 0.3) is 11.1 Å². The lowest BCUT2D eigenvalue weighted by Gasteiger charge is -2.33. The van der Waals surface area contributed by atoms with Gasteiger partial charge in [0.05, 0.1) is 11.4 Å². The molecule has 1 saturated heterocycles. The zero-order valence-corrected chi connectivity index (χ0v) is 17.9. The van der Waals surface area contributed by atoms with Crippen LogP contribution in [-0.2, 0) is 21.4 Å². The number of aromatic nitrogens is 1. The van der Waals surface area contributed by atoms with Gasteiger partial charge in [-0.2, -0.15) is 4.31 Å². The van der Waals surface area contributed by atoms with Gasteiger partial charge in [0.25, 0.3) is 0 Å². The van der Waals surface area contributed by atoms with E-state index in [9.17, 15) is 13.2 Å². The maximum absolute atomic E-state index is 12.9. The molecule has 1 N–H and O–H groups in total. The predicted octanol–water partition coefficient (Wildman–Crippen LogP) is 2.95. The van der Waals surface area contributed by atoms with Crippen molar-refractivity contribution in [2.45, 2.75) is 18.4 Å². The molecule has 0 atom stereocenters. The molecular weight excluding hydrogens is 428 g/mol. The van der Waals surface area contributed by atoms with Crippen molar-refractivity contribution in [1.29, 1.82) is 0 Å². The first-order valence-corrected chi connectivity index (χ1v) is 11.3. The lowest BCUT2D eigenvalue weighted by atomic mass is 10.3. The number of benzene rings is 2. The fourth-order valence-corrected chi connectivity index (χ4v) is 4.99. The number of hydrogen-bond donors (Lipinski definition) is 1. The summed E-state index contributed by atoms with van der Waals surface area (Å²) in [5, 5.41) is 3.23. The van der Waals surface area contributed by atoms with Crippen LogP contribution in [0.15, 0.2) is 51.8 Å². The number of hydrogen-bond acceptors (Lipinski definition) is 6. The lowest BCUT2D eigenvalue weighted by molar-refractivity contribution is -0.114. The third-order valence-corrected chi connectivity index (χ3v) is 7.04. The molecule has 1 aliphatic heterocycles. The molecule has 1 aromatic heterocycles. The number of carbonyl (C=O) groups excluding carboxylic acids is 1. The minimum atomic E-state index is -3.59. The highest BCUT2D eigenvalue weighted by Gasteiger charge is 2.29. The molecule has 0 aliphatic carbocycles. The van der Waals surface area contributed by atoms with E-state index in [0.717, 1.165) is 0 Å². The van der Waals surface area contributed by atoms with E-state index < -0.39 is 10.0 Å². The van der Waals surface area contributed by atoms with E-state index in [1.165, 1.54) is 23.4 Å². The molecule has 10 heteroatoms. The highest BCUT2D eigenvalue weighted by atomic mass is 35.5. The van der Waals surface area contributed by atoms with E-state index in [4.69, 9.17) is 16.0 Å². The molecule has 1 fully saturated rings. The summed E-state index contributed by atoms with van der Waals surface area (Å²) in [5.74, 6) is 0.376. The van der Waals surface area contributed by atoms with Gasteiger partial charge in [-0.25, -0.2) is 13.4 Å². The molecular formula is C20H21ClN4O4S. The second-order valence-electron chi connectivity index (χ2n) is 7.11. The van der Waals surface area contributed by atoms with Gasteiger partial charge in [-0.3, -0.25) is 9.69 Å². The van der Waals surface area contributed by atoms with Crippen molar-refractivity contribution in [3.8, 4) is 0 Å². The number of piperazine rings is 1. The van der Waals surface area contributed by atoms with Crippen molar-refractivity contribution in [2.24, 2.45) is 0 Å². The number of nitrogens with one attached hydrogen (secondary N) is 1. The highest BCUT2D eigenvalue weighted by molar-refractivity contribution is 7.89. The third kappa shape index (κ3) is 4.49. The normalized spacial score (nSPS) is 16.1. The first-order valence-electron chi connectivity index (χ1n) is 9.46. The van der Waals surface area contributed by atoms with Gasteiger partial charge in [0, 0.05) is 43.8 Å². The molecule has 3 aromatic rings. The zero-order valence-electron chi connectivity index (χ0n) is 16.3. The Kier molecular flexibility index (Phi) is 5.79. The molecule has 4 rings (SSSR count). The summed E-state index contributed by atoms with van der Waals surface area (Å²) in [4.78, 5) is 17.9. The largest absolute Gasteiger partial charge is 0.439 e. The molecule has 1 amide bonds. The minimum Gasteiger partial charge on any atom is -0.439 e. The average molecular weight is 449 g/mol. The number of sulfonamides is 1. The van der Waals surface area contributed by atoms with E-state index in [1.807, 2.05) is 0 Å². The summed E-state index contributed by atoms with van der Waals surface area (Å²) < 4.78 is 33.1. The number of nitrogens with zero attached hydrogens (tertiary/aromatic N) is 3. The fourth-order valence-electron chi connectivity index (χ4n) is 3.40. The van der Waals surface area contributed by atoms with Gasteiger partial charge < -0.3 is 9.73 Å². The van der Waals surface area contributed by atoms with Crippen LogP contribution in [0, 0.1) is 0 Å². The molecule has 30 heavy (non-hydrogen) atoms. The molecule has 0 saturated carbocycles. The Morgan fingerprint density at radius 3 is 2.50 bits per heavy atom. The second kappa shape index (κ2) is 8.35. The van der Waals surface area contributed by atoms with Crippen molar-refractivity contribution < 1.29 is 17.6 Å². The summed E-state index contributed by atoms with van der Waals surface area (Å²) in [6, 6.07) is 11.5. The topological polar surface area (TPSA) is 95.8 Å². The second-order valence-corrected chi connectivity index (χ2v) is 9.48. The number of rotatable bonds is 5. The van der Waals surface area contributed by atoms with Crippen LogP contribution in [0.2, 0.25) is 5.02 Å². The molecule has 2 aromatic carbocycles. The number of fused-ring (bicyclic) bond motifs is 1. The van der Waals surface area contributed by atoms with Gasteiger partial charge in [-0.05, 0) is 42.5 Å². The molecule has 2 heterocycles. The molecule has 0 radical (unpaired) electrons. The van der Waals surface area contributed by atoms with E-state index in [0.29, 0.717) is 60.4 Å². The highest BCUT2D eigenvalue weighted by Crippen LogP contribution is 2.23. The van der Waals surface area contributed by atoms with Crippen molar-refractivity contribution in [2.75, 3.05) is 31.5 Å². The number of amides is 1. The Hall–Kier alpha value is -2.46. The van der Waals surface area contributed by atoms with Gasteiger partial charge in [-0.1, -0.05) is 11.6 Å². The minimum absolute atomic E-state index is 0.205. The zero-order chi connectivity index (χ0) is 21.3. The summed E-state index contributed by atoms with van der Waals surface area (Å²) in [6.07, 6.45) is 0. The quantitative estimate of drug-likeness (QED) is 0.644. The molecule has 0 spiro atoms.